The number of fused-ring (bicyclic) bond motifs is 1. The molecule has 1 fully saturated rings. The van der Waals surface area contributed by atoms with Gasteiger partial charge in [0.15, 0.2) is 0 Å². The van der Waals surface area contributed by atoms with Gasteiger partial charge in [-0.15, -0.1) is 0 Å². The number of carbonyl (C=O) groups excluding carboxylic acids is 2. The average molecular weight is 505 g/mol. The summed E-state index contributed by atoms with van der Waals surface area (Å²) in [5, 5.41) is 6.34. The minimum Gasteiger partial charge on any atom is -0.356 e. The standard InChI is InChI=1S/C29H36N4O4/c1-2-3-9-18-30-26(34)19-21-14-16-23(17-15-21)33-28(36)24-12-7-8-13-25(24)32(29(33)37)20-27(35)31-22-10-5-4-6-11-22/h7-8,12-17,22H,2-6,9-11,18-20H2,1H3,(H,30,34)(H,31,35). The van der Waals surface area contributed by atoms with Crippen molar-refractivity contribution in [3.05, 3.63) is 74.9 Å². The molecule has 2 amide bonds. The first kappa shape index (κ1) is 26.4. The Morgan fingerprint density at radius 3 is 2.38 bits per heavy atom. The van der Waals surface area contributed by atoms with Crippen molar-refractivity contribution >= 4 is 22.7 Å². The summed E-state index contributed by atoms with van der Waals surface area (Å²) in [6, 6.07) is 13.8. The van der Waals surface area contributed by atoms with Crippen molar-refractivity contribution in [2.24, 2.45) is 0 Å². The Kier molecular flexibility index (Phi) is 8.93. The van der Waals surface area contributed by atoms with E-state index in [9.17, 15) is 19.2 Å². The highest BCUT2D eigenvalue weighted by Crippen LogP contribution is 2.17. The van der Waals surface area contributed by atoms with Crippen LogP contribution < -0.4 is 21.9 Å². The third kappa shape index (κ3) is 6.56. The van der Waals surface area contributed by atoms with E-state index in [0.29, 0.717) is 23.1 Å². The molecule has 3 aromatic rings. The first-order chi connectivity index (χ1) is 18.0. The van der Waals surface area contributed by atoms with Gasteiger partial charge in [-0.05, 0) is 49.1 Å². The number of hydrogen-bond donors (Lipinski definition) is 2. The van der Waals surface area contributed by atoms with E-state index >= 15 is 0 Å². The number of unbranched alkanes of at least 4 members (excludes halogenated alkanes) is 2. The number of benzene rings is 2. The van der Waals surface area contributed by atoms with Gasteiger partial charge in [0.2, 0.25) is 11.8 Å². The number of rotatable bonds is 10. The molecule has 196 valence electrons. The van der Waals surface area contributed by atoms with Crippen molar-refractivity contribution in [1.82, 2.24) is 19.8 Å². The van der Waals surface area contributed by atoms with Gasteiger partial charge in [0, 0.05) is 12.6 Å². The lowest BCUT2D eigenvalue weighted by Crippen LogP contribution is -2.44. The molecule has 0 atom stereocenters. The first-order valence-electron chi connectivity index (χ1n) is 13.4. The number of nitrogens with zero attached hydrogens (tertiary/aromatic N) is 2. The minimum atomic E-state index is -0.566. The van der Waals surface area contributed by atoms with Crippen LogP contribution in [-0.4, -0.2) is 33.5 Å². The van der Waals surface area contributed by atoms with Crippen LogP contribution in [0, 0.1) is 0 Å². The van der Waals surface area contributed by atoms with Gasteiger partial charge in [0.1, 0.15) is 6.54 Å². The van der Waals surface area contributed by atoms with Crippen LogP contribution in [0.15, 0.2) is 58.1 Å². The molecule has 1 aliphatic carbocycles. The molecule has 8 heteroatoms. The molecule has 1 saturated carbocycles. The molecule has 0 spiro atoms. The van der Waals surface area contributed by atoms with Gasteiger partial charge in [-0.1, -0.05) is 63.3 Å². The van der Waals surface area contributed by atoms with Crippen molar-refractivity contribution in [1.29, 1.82) is 0 Å². The molecule has 0 unspecified atom stereocenters. The van der Waals surface area contributed by atoms with Gasteiger partial charge < -0.3 is 10.6 Å². The van der Waals surface area contributed by atoms with Crippen molar-refractivity contribution in [3.8, 4) is 5.69 Å². The summed E-state index contributed by atoms with van der Waals surface area (Å²) < 4.78 is 2.47. The number of para-hydroxylation sites is 1. The van der Waals surface area contributed by atoms with Gasteiger partial charge in [0.25, 0.3) is 5.56 Å². The van der Waals surface area contributed by atoms with Crippen LogP contribution in [0.1, 0.15) is 63.9 Å². The highest BCUT2D eigenvalue weighted by atomic mass is 16.2. The Balaban J connectivity index is 1.58. The quantitative estimate of drug-likeness (QED) is 0.413. The lowest BCUT2D eigenvalue weighted by molar-refractivity contribution is -0.122. The van der Waals surface area contributed by atoms with Crippen molar-refractivity contribution < 1.29 is 9.59 Å². The zero-order valence-electron chi connectivity index (χ0n) is 21.5. The molecule has 0 aliphatic heterocycles. The van der Waals surface area contributed by atoms with Gasteiger partial charge in [-0.3, -0.25) is 19.0 Å². The van der Waals surface area contributed by atoms with Crippen LogP contribution in [0.5, 0.6) is 0 Å². The largest absolute Gasteiger partial charge is 0.356 e. The lowest BCUT2D eigenvalue weighted by Gasteiger charge is -2.23. The number of nitrogens with one attached hydrogen (secondary N) is 2. The second-order valence-corrected chi connectivity index (χ2v) is 9.83. The fourth-order valence-corrected chi connectivity index (χ4v) is 4.98. The molecule has 2 aromatic carbocycles. The summed E-state index contributed by atoms with van der Waals surface area (Å²) >= 11 is 0. The zero-order valence-corrected chi connectivity index (χ0v) is 21.5. The van der Waals surface area contributed by atoms with Crippen LogP contribution in [0.4, 0.5) is 0 Å². The number of amides is 2. The van der Waals surface area contributed by atoms with Crippen LogP contribution >= 0.6 is 0 Å². The second-order valence-electron chi connectivity index (χ2n) is 9.83. The predicted molar refractivity (Wildman–Crippen MR) is 145 cm³/mol. The molecule has 0 saturated heterocycles. The Morgan fingerprint density at radius 1 is 0.919 bits per heavy atom. The van der Waals surface area contributed by atoms with E-state index < -0.39 is 11.2 Å². The molecular formula is C29H36N4O4. The third-order valence-corrected chi connectivity index (χ3v) is 6.98. The topological polar surface area (TPSA) is 102 Å². The van der Waals surface area contributed by atoms with Crippen LogP contribution in [0.25, 0.3) is 16.6 Å². The Morgan fingerprint density at radius 2 is 1.65 bits per heavy atom. The summed E-state index contributed by atoms with van der Waals surface area (Å²) in [5.41, 5.74) is 0.617. The molecule has 4 rings (SSSR count). The molecule has 0 radical (unpaired) electrons. The molecule has 1 heterocycles. The Bertz CT molecular complexity index is 1350. The fourth-order valence-electron chi connectivity index (χ4n) is 4.98. The highest BCUT2D eigenvalue weighted by Gasteiger charge is 2.19. The average Bonchev–Trinajstić information content (AvgIpc) is 2.91. The maximum absolute atomic E-state index is 13.5. The number of aromatic nitrogens is 2. The molecule has 1 aliphatic rings. The zero-order chi connectivity index (χ0) is 26.2. The van der Waals surface area contributed by atoms with Gasteiger partial charge in [-0.2, -0.15) is 0 Å². The lowest BCUT2D eigenvalue weighted by atomic mass is 9.95. The van der Waals surface area contributed by atoms with Crippen LogP contribution in [-0.2, 0) is 22.6 Å². The van der Waals surface area contributed by atoms with E-state index in [1.54, 1.807) is 48.5 Å². The van der Waals surface area contributed by atoms with E-state index in [4.69, 9.17) is 0 Å². The number of carbonyl (C=O) groups is 2. The summed E-state index contributed by atoms with van der Waals surface area (Å²) in [4.78, 5) is 52.0. The molecule has 8 nitrogen and oxygen atoms in total. The maximum atomic E-state index is 13.5. The van der Waals surface area contributed by atoms with Crippen molar-refractivity contribution in [2.75, 3.05) is 6.54 Å². The van der Waals surface area contributed by atoms with Crippen LogP contribution in [0.3, 0.4) is 0 Å². The van der Waals surface area contributed by atoms with Gasteiger partial charge >= 0.3 is 5.69 Å². The van der Waals surface area contributed by atoms with Crippen LogP contribution in [0.2, 0.25) is 0 Å². The van der Waals surface area contributed by atoms with Gasteiger partial charge in [-0.25, -0.2) is 9.36 Å². The molecule has 0 bridgehead atoms. The highest BCUT2D eigenvalue weighted by molar-refractivity contribution is 5.82. The SMILES string of the molecule is CCCCCNC(=O)Cc1ccc(-n2c(=O)c3ccccc3n(CC(=O)NC3CCCCC3)c2=O)cc1. The Labute approximate surface area is 216 Å². The predicted octanol–water partition coefficient (Wildman–Crippen LogP) is 3.45. The minimum absolute atomic E-state index is 0.0574. The normalized spacial score (nSPS) is 14.0. The third-order valence-electron chi connectivity index (χ3n) is 6.98. The van der Waals surface area contributed by atoms with E-state index in [-0.39, 0.29) is 30.8 Å². The maximum Gasteiger partial charge on any atom is 0.336 e. The smallest absolute Gasteiger partial charge is 0.336 e. The summed E-state index contributed by atoms with van der Waals surface area (Å²) in [6.07, 6.45) is 8.62. The van der Waals surface area contributed by atoms with E-state index in [2.05, 4.69) is 17.6 Å². The molecule has 37 heavy (non-hydrogen) atoms. The fraction of sp³-hybridized carbons (Fsp3) is 0.448. The summed E-state index contributed by atoms with van der Waals surface area (Å²) in [7, 11) is 0. The van der Waals surface area contributed by atoms with E-state index in [1.807, 2.05) is 0 Å². The Hall–Kier alpha value is -3.68. The molecular weight excluding hydrogens is 468 g/mol. The molecule has 2 N–H and O–H groups in total. The number of hydrogen-bond acceptors (Lipinski definition) is 4. The summed E-state index contributed by atoms with van der Waals surface area (Å²) in [6.45, 7) is 2.61. The van der Waals surface area contributed by atoms with Crippen molar-refractivity contribution in [2.45, 2.75) is 77.3 Å². The summed E-state index contributed by atoms with van der Waals surface area (Å²) in [5.74, 6) is -0.289. The molecule has 1 aromatic heterocycles. The van der Waals surface area contributed by atoms with E-state index in [0.717, 1.165) is 55.1 Å². The van der Waals surface area contributed by atoms with Gasteiger partial charge in [0.05, 0.1) is 23.0 Å². The van der Waals surface area contributed by atoms with E-state index in [1.165, 1.54) is 11.0 Å². The second kappa shape index (κ2) is 12.5. The monoisotopic (exact) mass is 504 g/mol. The van der Waals surface area contributed by atoms with Crippen molar-refractivity contribution in [3.63, 3.8) is 0 Å². The first-order valence-corrected chi connectivity index (χ1v) is 13.4.